The van der Waals surface area contributed by atoms with E-state index in [0.29, 0.717) is 36.5 Å². The molecule has 0 heterocycles. The lowest BCUT2D eigenvalue weighted by molar-refractivity contribution is 0.422. The quantitative estimate of drug-likeness (QED) is 0.135. The number of hydrogen-bond acceptors (Lipinski definition) is 4. The van der Waals surface area contributed by atoms with Gasteiger partial charge in [-0.1, -0.05) is 203 Å². The topological polar surface area (TPSA) is 63.9 Å². The van der Waals surface area contributed by atoms with E-state index in [4.69, 9.17) is 0 Å². The zero-order chi connectivity index (χ0) is 49.8. The maximum Gasteiger partial charge on any atom is 0.123 e. The Hall–Kier alpha value is -5.48. The van der Waals surface area contributed by atoms with E-state index in [0.717, 1.165) is 67.1 Å². The molecule has 0 aromatic heterocycles. The molecule has 6 aromatic carbocycles. The molecule has 0 unspecified atom stereocenters. The summed E-state index contributed by atoms with van der Waals surface area (Å²) in [6.45, 7) is 39.3. The first-order chi connectivity index (χ1) is 30.8. The number of benzene rings is 6. The van der Waals surface area contributed by atoms with Crippen LogP contribution >= 0.6 is 0 Å². The highest BCUT2D eigenvalue weighted by atomic mass is 16.3. The molecule has 0 fully saturated rings. The summed E-state index contributed by atoms with van der Waals surface area (Å²) in [6.07, 6.45) is 1.88. The average Bonchev–Trinajstić information content (AvgIpc) is 3.19. The first kappa shape index (κ1) is 50.9. The van der Waals surface area contributed by atoms with Crippen molar-refractivity contribution in [1.29, 1.82) is 0 Å². The predicted molar refractivity (Wildman–Crippen MR) is 286 cm³/mol. The standard InChI is InChI=1S/C63H81NO3/c1-58(2,3)48-34-40(35-49(55(48)65)59(4,5)6)31-43-29-30-54(64(44-25-21-19-22-26-44)45-27-23-20-24-28-45)47(33-42-38-52(62(13,14)15)57(67)53(39-42)63(16,17)18)46(43)32-41-36-50(60(7,8)9)56(66)51(37-41)61(10,11)12/h19-30,34-39,65-67H,31-33H2,1-18H3. The number of anilines is 3. The summed E-state index contributed by atoms with van der Waals surface area (Å²) in [4.78, 5) is 2.40. The van der Waals surface area contributed by atoms with Crippen molar-refractivity contribution in [3.8, 4) is 17.2 Å². The normalized spacial score (nSPS) is 13.0. The van der Waals surface area contributed by atoms with E-state index in [2.05, 4.69) is 239 Å². The molecule has 6 rings (SSSR count). The summed E-state index contributed by atoms with van der Waals surface area (Å²) in [7, 11) is 0. The average molecular weight is 900 g/mol. The van der Waals surface area contributed by atoms with Gasteiger partial charge in [-0.2, -0.15) is 0 Å². The molecule has 0 aliphatic heterocycles. The fourth-order valence-electron chi connectivity index (χ4n) is 9.55. The Labute approximate surface area is 405 Å². The van der Waals surface area contributed by atoms with Gasteiger partial charge in [0.15, 0.2) is 0 Å². The van der Waals surface area contributed by atoms with Gasteiger partial charge in [0.25, 0.3) is 0 Å². The number of para-hydroxylation sites is 2. The number of nitrogens with zero attached hydrogens (tertiary/aromatic N) is 1. The third kappa shape index (κ3) is 11.3. The Kier molecular flexibility index (Phi) is 13.8. The molecule has 6 aromatic rings. The van der Waals surface area contributed by atoms with Gasteiger partial charge in [0.05, 0.1) is 0 Å². The summed E-state index contributed by atoms with van der Waals surface area (Å²) in [5, 5.41) is 35.8. The molecule has 0 aliphatic carbocycles. The lowest BCUT2D eigenvalue weighted by Gasteiger charge is -2.32. The Bertz CT molecular complexity index is 2570. The smallest absolute Gasteiger partial charge is 0.123 e. The molecule has 0 atom stereocenters. The first-order valence-electron chi connectivity index (χ1n) is 24.4. The molecule has 67 heavy (non-hydrogen) atoms. The largest absolute Gasteiger partial charge is 0.507 e. The van der Waals surface area contributed by atoms with Gasteiger partial charge in [-0.05, 0) is 149 Å². The van der Waals surface area contributed by atoms with E-state index in [-0.39, 0.29) is 32.5 Å². The van der Waals surface area contributed by atoms with Gasteiger partial charge in [-0.15, -0.1) is 0 Å². The van der Waals surface area contributed by atoms with Crippen molar-refractivity contribution in [3.63, 3.8) is 0 Å². The zero-order valence-electron chi connectivity index (χ0n) is 44.3. The fourth-order valence-corrected chi connectivity index (χ4v) is 9.55. The molecule has 0 aliphatic rings. The van der Waals surface area contributed by atoms with Crippen molar-refractivity contribution in [2.45, 2.75) is 176 Å². The van der Waals surface area contributed by atoms with Gasteiger partial charge >= 0.3 is 0 Å². The fraction of sp³-hybridized carbons (Fsp3) is 0.429. The minimum Gasteiger partial charge on any atom is -0.507 e. The Morgan fingerprint density at radius 3 is 0.881 bits per heavy atom. The van der Waals surface area contributed by atoms with E-state index < -0.39 is 0 Å². The van der Waals surface area contributed by atoms with Crippen molar-refractivity contribution in [1.82, 2.24) is 0 Å². The zero-order valence-corrected chi connectivity index (χ0v) is 44.3. The van der Waals surface area contributed by atoms with Crippen molar-refractivity contribution in [2.24, 2.45) is 0 Å². The molecule has 4 heteroatoms. The lowest BCUT2D eigenvalue weighted by atomic mass is 9.76. The monoisotopic (exact) mass is 900 g/mol. The molecule has 0 amide bonds. The van der Waals surface area contributed by atoms with Crippen LogP contribution in [0.1, 0.15) is 191 Å². The molecular formula is C63H81NO3. The molecular weight excluding hydrogens is 819 g/mol. The van der Waals surface area contributed by atoms with Crippen LogP contribution in [-0.4, -0.2) is 15.3 Å². The van der Waals surface area contributed by atoms with E-state index in [1.165, 1.54) is 16.7 Å². The van der Waals surface area contributed by atoms with Crippen LogP contribution in [0.2, 0.25) is 0 Å². The highest BCUT2D eigenvalue weighted by Gasteiger charge is 2.32. The van der Waals surface area contributed by atoms with Crippen molar-refractivity contribution >= 4 is 17.1 Å². The molecule has 356 valence electrons. The molecule has 0 bridgehead atoms. The van der Waals surface area contributed by atoms with Crippen LogP contribution in [0.3, 0.4) is 0 Å². The Morgan fingerprint density at radius 2 is 0.597 bits per heavy atom. The third-order valence-electron chi connectivity index (χ3n) is 13.3. The number of aromatic hydroxyl groups is 3. The molecule has 0 saturated carbocycles. The second kappa shape index (κ2) is 18.2. The van der Waals surface area contributed by atoms with Crippen LogP contribution in [0.4, 0.5) is 17.1 Å². The van der Waals surface area contributed by atoms with E-state index >= 15 is 0 Å². The predicted octanol–water partition coefficient (Wildman–Crippen LogP) is 16.8. The van der Waals surface area contributed by atoms with Gasteiger partial charge in [0.2, 0.25) is 0 Å². The van der Waals surface area contributed by atoms with E-state index in [1.54, 1.807) is 0 Å². The SMILES string of the molecule is CC(C)(C)c1cc(Cc2ccc(N(c3ccccc3)c3ccccc3)c(Cc3cc(C(C)(C)C)c(O)c(C(C)(C)C)c3)c2Cc2cc(C(C)(C)C)c(O)c(C(C)(C)C)c2)cc(C(C)(C)C)c1O. The van der Waals surface area contributed by atoms with Gasteiger partial charge in [0.1, 0.15) is 17.2 Å². The maximum atomic E-state index is 12.0. The highest BCUT2D eigenvalue weighted by Crippen LogP contribution is 2.47. The van der Waals surface area contributed by atoms with E-state index in [1.807, 2.05) is 0 Å². The molecule has 4 nitrogen and oxygen atoms in total. The summed E-state index contributed by atoms with van der Waals surface area (Å²) in [5.41, 5.74) is 14.1. The molecule has 0 spiro atoms. The van der Waals surface area contributed by atoms with Crippen LogP contribution in [0, 0.1) is 0 Å². The summed E-state index contributed by atoms with van der Waals surface area (Å²) >= 11 is 0. The van der Waals surface area contributed by atoms with Crippen LogP contribution in [0.5, 0.6) is 17.2 Å². The van der Waals surface area contributed by atoms with Crippen LogP contribution in [0.25, 0.3) is 0 Å². The van der Waals surface area contributed by atoms with Gasteiger partial charge in [-0.3, -0.25) is 0 Å². The van der Waals surface area contributed by atoms with Crippen molar-refractivity contribution in [3.05, 3.63) is 176 Å². The maximum absolute atomic E-state index is 12.0. The van der Waals surface area contributed by atoms with Crippen molar-refractivity contribution < 1.29 is 15.3 Å². The van der Waals surface area contributed by atoms with Crippen LogP contribution in [0.15, 0.2) is 109 Å². The molecule has 0 saturated heterocycles. The van der Waals surface area contributed by atoms with Crippen LogP contribution in [-0.2, 0) is 51.8 Å². The van der Waals surface area contributed by atoms with Gasteiger partial charge < -0.3 is 20.2 Å². The lowest BCUT2D eigenvalue weighted by Crippen LogP contribution is -2.20. The number of rotatable bonds is 9. The number of hydrogen-bond donors (Lipinski definition) is 3. The van der Waals surface area contributed by atoms with Crippen LogP contribution < -0.4 is 4.90 Å². The Balaban J connectivity index is 1.79. The summed E-state index contributed by atoms with van der Waals surface area (Å²) in [5.74, 6) is 1.13. The molecule has 3 N–H and O–H groups in total. The first-order valence-corrected chi connectivity index (χ1v) is 24.4. The Morgan fingerprint density at radius 1 is 0.328 bits per heavy atom. The van der Waals surface area contributed by atoms with E-state index in [9.17, 15) is 15.3 Å². The summed E-state index contributed by atoms with van der Waals surface area (Å²) < 4.78 is 0. The number of phenols is 3. The highest BCUT2D eigenvalue weighted by molar-refractivity contribution is 5.80. The summed E-state index contributed by atoms with van der Waals surface area (Å²) in [6, 6.07) is 39.4. The number of phenolic OH excluding ortho intramolecular Hbond substituents is 3. The second-order valence-electron chi connectivity index (χ2n) is 25.4. The third-order valence-corrected chi connectivity index (χ3v) is 13.3. The van der Waals surface area contributed by atoms with Crippen molar-refractivity contribution in [2.75, 3.05) is 4.90 Å². The second-order valence-corrected chi connectivity index (χ2v) is 25.4. The van der Waals surface area contributed by atoms with Gasteiger partial charge in [-0.25, -0.2) is 0 Å². The van der Waals surface area contributed by atoms with Gasteiger partial charge in [0, 0.05) is 17.1 Å². The minimum absolute atomic E-state index is 0.281. The minimum atomic E-state index is -0.305. The molecule has 0 radical (unpaired) electrons.